The fourth-order valence-corrected chi connectivity index (χ4v) is 3.07. The average molecular weight is 377 g/mol. The molecule has 8 heteroatoms. The van der Waals surface area contributed by atoms with Crippen LogP contribution < -0.4 is 10.2 Å². The van der Waals surface area contributed by atoms with Crippen LogP contribution in [0.3, 0.4) is 0 Å². The lowest BCUT2D eigenvalue weighted by Crippen LogP contribution is -2.38. The number of benzene rings is 1. The SMILES string of the molecule is O=Cc1ccc(N2CCC(C(=O)Nc3cc(C(F)(F)F)ccn3)CC2)cc1. The predicted octanol–water partition coefficient (Wildman–Crippen LogP) is 3.77. The first-order valence-electron chi connectivity index (χ1n) is 8.51. The minimum absolute atomic E-state index is 0.0956. The van der Waals surface area contributed by atoms with Gasteiger partial charge in [0.15, 0.2) is 0 Å². The maximum absolute atomic E-state index is 12.7. The van der Waals surface area contributed by atoms with Gasteiger partial charge in [0.1, 0.15) is 12.1 Å². The Labute approximate surface area is 154 Å². The zero-order valence-electron chi connectivity index (χ0n) is 14.4. The van der Waals surface area contributed by atoms with Crippen LogP contribution in [0.4, 0.5) is 24.7 Å². The number of amides is 1. The fraction of sp³-hybridized carbons (Fsp3) is 0.316. The first-order valence-corrected chi connectivity index (χ1v) is 8.51. The summed E-state index contributed by atoms with van der Waals surface area (Å²) in [5, 5.41) is 2.49. The van der Waals surface area contributed by atoms with E-state index in [0.717, 1.165) is 30.3 Å². The molecule has 0 aliphatic carbocycles. The van der Waals surface area contributed by atoms with Crippen molar-refractivity contribution in [3.05, 3.63) is 53.7 Å². The molecule has 0 saturated carbocycles. The van der Waals surface area contributed by atoms with Crippen LogP contribution in [0, 0.1) is 5.92 Å². The Morgan fingerprint density at radius 1 is 1.15 bits per heavy atom. The molecular formula is C19H18F3N3O2. The van der Waals surface area contributed by atoms with E-state index in [1.165, 1.54) is 0 Å². The summed E-state index contributed by atoms with van der Waals surface area (Å²) in [4.78, 5) is 29.0. The van der Waals surface area contributed by atoms with E-state index in [4.69, 9.17) is 0 Å². The fourth-order valence-electron chi connectivity index (χ4n) is 3.07. The monoisotopic (exact) mass is 377 g/mol. The van der Waals surface area contributed by atoms with Crippen molar-refractivity contribution in [2.45, 2.75) is 19.0 Å². The van der Waals surface area contributed by atoms with E-state index in [0.29, 0.717) is 31.5 Å². The number of carbonyl (C=O) groups is 2. The topological polar surface area (TPSA) is 62.3 Å². The number of aromatic nitrogens is 1. The largest absolute Gasteiger partial charge is 0.416 e. The Bertz CT molecular complexity index is 814. The minimum Gasteiger partial charge on any atom is -0.371 e. The number of piperidine rings is 1. The van der Waals surface area contributed by atoms with Gasteiger partial charge in [-0.25, -0.2) is 4.98 Å². The summed E-state index contributed by atoms with van der Waals surface area (Å²) in [6, 6.07) is 8.89. The summed E-state index contributed by atoms with van der Waals surface area (Å²) in [7, 11) is 0. The van der Waals surface area contributed by atoms with Crippen LogP contribution in [0.1, 0.15) is 28.8 Å². The van der Waals surface area contributed by atoms with Crippen molar-refractivity contribution in [2.24, 2.45) is 5.92 Å². The third kappa shape index (κ3) is 4.64. The van der Waals surface area contributed by atoms with Crippen LogP contribution in [-0.4, -0.2) is 30.3 Å². The van der Waals surface area contributed by atoms with Crippen LogP contribution in [0.15, 0.2) is 42.6 Å². The van der Waals surface area contributed by atoms with Gasteiger partial charge >= 0.3 is 6.18 Å². The van der Waals surface area contributed by atoms with E-state index in [9.17, 15) is 22.8 Å². The van der Waals surface area contributed by atoms with Gasteiger partial charge < -0.3 is 10.2 Å². The van der Waals surface area contributed by atoms with Gasteiger partial charge in [0.2, 0.25) is 5.91 Å². The van der Waals surface area contributed by atoms with E-state index in [1.54, 1.807) is 12.1 Å². The molecule has 0 spiro atoms. The van der Waals surface area contributed by atoms with Crippen molar-refractivity contribution in [3.63, 3.8) is 0 Å². The molecule has 5 nitrogen and oxygen atoms in total. The van der Waals surface area contributed by atoms with Gasteiger partial charge in [0.25, 0.3) is 0 Å². The van der Waals surface area contributed by atoms with Crippen molar-refractivity contribution < 1.29 is 22.8 Å². The zero-order valence-corrected chi connectivity index (χ0v) is 14.4. The number of carbonyl (C=O) groups excluding carboxylic acids is 2. The predicted molar refractivity (Wildman–Crippen MR) is 94.6 cm³/mol. The number of halogens is 3. The van der Waals surface area contributed by atoms with Crippen molar-refractivity contribution >= 4 is 23.7 Å². The molecule has 1 amide bonds. The second kappa shape index (κ2) is 7.77. The second-order valence-corrected chi connectivity index (χ2v) is 6.39. The van der Waals surface area contributed by atoms with E-state index in [-0.39, 0.29) is 17.6 Å². The van der Waals surface area contributed by atoms with Crippen LogP contribution >= 0.6 is 0 Å². The standard InChI is InChI=1S/C19H18F3N3O2/c20-19(21,22)15-5-8-23-17(11-15)24-18(27)14-6-9-25(10-7-14)16-3-1-13(12-26)2-4-16/h1-5,8,11-12,14H,6-7,9-10H2,(H,23,24,27). The maximum Gasteiger partial charge on any atom is 0.416 e. The highest BCUT2D eigenvalue weighted by molar-refractivity contribution is 5.92. The van der Waals surface area contributed by atoms with E-state index < -0.39 is 11.7 Å². The first kappa shape index (κ1) is 18.9. The lowest BCUT2D eigenvalue weighted by molar-refractivity contribution is -0.137. The molecule has 27 heavy (non-hydrogen) atoms. The summed E-state index contributed by atoms with van der Waals surface area (Å²) < 4.78 is 38.2. The summed E-state index contributed by atoms with van der Waals surface area (Å²) in [6.07, 6.45) is -1.50. The van der Waals surface area contributed by atoms with Gasteiger partial charge in [-0.3, -0.25) is 9.59 Å². The van der Waals surface area contributed by atoms with Gasteiger partial charge in [0, 0.05) is 36.5 Å². The van der Waals surface area contributed by atoms with Crippen LogP contribution in [0.2, 0.25) is 0 Å². The van der Waals surface area contributed by atoms with Gasteiger partial charge in [-0.1, -0.05) is 0 Å². The molecule has 2 aromatic rings. The number of pyridine rings is 1. The Morgan fingerprint density at radius 3 is 2.41 bits per heavy atom. The smallest absolute Gasteiger partial charge is 0.371 e. The molecule has 1 N–H and O–H groups in total. The van der Waals surface area contributed by atoms with Crippen LogP contribution in [-0.2, 0) is 11.0 Å². The lowest BCUT2D eigenvalue weighted by Gasteiger charge is -2.33. The van der Waals surface area contributed by atoms with Crippen LogP contribution in [0.25, 0.3) is 0 Å². The Kier molecular flexibility index (Phi) is 5.43. The summed E-state index contributed by atoms with van der Waals surface area (Å²) in [6.45, 7) is 1.29. The number of anilines is 2. The second-order valence-electron chi connectivity index (χ2n) is 6.39. The summed E-state index contributed by atoms with van der Waals surface area (Å²) in [5.41, 5.74) is 0.724. The molecule has 3 rings (SSSR count). The number of hydrogen-bond acceptors (Lipinski definition) is 4. The zero-order chi connectivity index (χ0) is 19.4. The van der Waals surface area contributed by atoms with Gasteiger partial charge in [-0.15, -0.1) is 0 Å². The number of nitrogens with one attached hydrogen (secondary N) is 1. The number of aldehydes is 1. The van der Waals surface area contributed by atoms with Crippen molar-refractivity contribution in [3.8, 4) is 0 Å². The Morgan fingerprint density at radius 2 is 1.81 bits per heavy atom. The molecule has 1 aromatic heterocycles. The molecule has 0 radical (unpaired) electrons. The van der Waals surface area contributed by atoms with Crippen molar-refractivity contribution in [1.29, 1.82) is 0 Å². The highest BCUT2D eigenvalue weighted by atomic mass is 19.4. The third-order valence-corrected chi connectivity index (χ3v) is 4.60. The maximum atomic E-state index is 12.7. The quantitative estimate of drug-likeness (QED) is 0.824. The molecule has 1 saturated heterocycles. The highest BCUT2D eigenvalue weighted by Crippen LogP contribution is 2.30. The molecule has 1 aliphatic heterocycles. The van der Waals surface area contributed by atoms with Crippen molar-refractivity contribution in [1.82, 2.24) is 4.98 Å². The van der Waals surface area contributed by atoms with E-state index in [1.807, 2.05) is 12.1 Å². The average Bonchev–Trinajstić information content (AvgIpc) is 2.68. The highest BCUT2D eigenvalue weighted by Gasteiger charge is 2.31. The molecule has 1 aromatic carbocycles. The van der Waals surface area contributed by atoms with Crippen molar-refractivity contribution in [2.75, 3.05) is 23.3 Å². The molecule has 1 fully saturated rings. The Balaban J connectivity index is 1.57. The first-order chi connectivity index (χ1) is 12.9. The minimum atomic E-state index is -4.48. The Hall–Kier alpha value is -2.90. The number of hydrogen-bond donors (Lipinski definition) is 1. The summed E-state index contributed by atoms with van der Waals surface area (Å²) >= 11 is 0. The third-order valence-electron chi connectivity index (χ3n) is 4.60. The molecular weight excluding hydrogens is 359 g/mol. The molecule has 0 atom stereocenters. The lowest BCUT2D eigenvalue weighted by atomic mass is 9.95. The number of rotatable bonds is 4. The molecule has 0 unspecified atom stereocenters. The van der Waals surface area contributed by atoms with E-state index in [2.05, 4.69) is 15.2 Å². The van der Waals surface area contributed by atoms with Gasteiger partial charge in [0.05, 0.1) is 5.56 Å². The molecule has 1 aliphatic rings. The van der Waals surface area contributed by atoms with Crippen LogP contribution in [0.5, 0.6) is 0 Å². The normalized spacial score (nSPS) is 15.4. The molecule has 142 valence electrons. The summed E-state index contributed by atoms with van der Waals surface area (Å²) in [5.74, 6) is -0.702. The molecule has 0 bridgehead atoms. The number of alkyl halides is 3. The molecule has 2 heterocycles. The van der Waals surface area contributed by atoms with Gasteiger partial charge in [-0.2, -0.15) is 13.2 Å². The number of nitrogens with zero attached hydrogens (tertiary/aromatic N) is 2. The van der Waals surface area contributed by atoms with Gasteiger partial charge in [-0.05, 0) is 49.2 Å². The van der Waals surface area contributed by atoms with E-state index >= 15 is 0 Å².